The van der Waals surface area contributed by atoms with Crippen molar-refractivity contribution >= 4 is 56.2 Å². The van der Waals surface area contributed by atoms with Gasteiger partial charge in [0.2, 0.25) is 17.7 Å². The summed E-state index contributed by atoms with van der Waals surface area (Å²) in [4.78, 5) is 55.0. The molecule has 0 unspecified atom stereocenters. The molecule has 9 nitrogen and oxygen atoms in total. The highest BCUT2D eigenvalue weighted by Gasteiger charge is 2.38. The molecule has 1 saturated heterocycles. The fourth-order valence-electron chi connectivity index (χ4n) is 4.19. The number of hydrogen-bond donors (Lipinski definition) is 4. The van der Waals surface area contributed by atoms with Crippen LogP contribution in [0.4, 0.5) is 0 Å². The highest BCUT2D eigenvalue weighted by Crippen LogP contribution is 2.35. The van der Waals surface area contributed by atoms with Gasteiger partial charge in [-0.25, -0.2) is 4.79 Å². The largest absolute Gasteiger partial charge is 0.480 e. The van der Waals surface area contributed by atoms with E-state index in [2.05, 4.69) is 36.4 Å². The quantitative estimate of drug-likeness (QED) is 0.345. The number of para-hydroxylation sites is 1. The molecule has 2 aromatic rings. The van der Waals surface area contributed by atoms with E-state index in [-0.39, 0.29) is 22.8 Å². The molecular weight excluding hydrogens is 500 g/mol. The Morgan fingerprint density at radius 3 is 2.56 bits per heavy atom. The maximum atomic E-state index is 13.4. The second-order valence-electron chi connectivity index (χ2n) is 9.89. The Morgan fingerprint density at radius 2 is 1.89 bits per heavy atom. The van der Waals surface area contributed by atoms with Gasteiger partial charge in [0.1, 0.15) is 18.1 Å². The summed E-state index contributed by atoms with van der Waals surface area (Å²) in [7, 11) is 3.04. The zero-order valence-electron chi connectivity index (χ0n) is 21.0. The van der Waals surface area contributed by atoms with E-state index >= 15 is 0 Å². The monoisotopic (exact) mass is 534 g/mol. The molecule has 3 rings (SSSR count). The Morgan fingerprint density at radius 1 is 1.17 bits per heavy atom. The van der Waals surface area contributed by atoms with Gasteiger partial charge < -0.3 is 25.6 Å². The van der Waals surface area contributed by atoms with Crippen molar-refractivity contribution in [1.82, 2.24) is 20.5 Å². The van der Waals surface area contributed by atoms with E-state index in [4.69, 9.17) is 0 Å². The molecule has 1 fully saturated rings. The van der Waals surface area contributed by atoms with Gasteiger partial charge in [-0.3, -0.25) is 14.4 Å². The second kappa shape index (κ2) is 12.1. The van der Waals surface area contributed by atoms with Crippen molar-refractivity contribution in [2.24, 2.45) is 0 Å². The van der Waals surface area contributed by atoms with Crippen LogP contribution >= 0.6 is 21.6 Å². The lowest BCUT2D eigenvalue weighted by atomic mass is 10.0. The van der Waals surface area contributed by atoms with E-state index in [1.165, 1.54) is 22.6 Å². The normalized spacial score (nSPS) is 17.6. The lowest BCUT2D eigenvalue weighted by Crippen LogP contribution is -2.57. The van der Waals surface area contributed by atoms with Crippen molar-refractivity contribution in [1.29, 1.82) is 0 Å². The second-order valence-corrected chi connectivity index (χ2v) is 13.1. The lowest BCUT2D eigenvalue weighted by molar-refractivity contribution is -0.149. The SMILES string of the molecule is CC(=O)N[C@@H](Cc1c[nH]c2ccccc12)C(=O)N[C@@H](CSSC(C)(C)C)C(=O)N1CCC[C@H]1C(=O)O. The third kappa shape index (κ3) is 7.42. The summed E-state index contributed by atoms with van der Waals surface area (Å²) in [5, 5.41) is 16.0. The lowest BCUT2D eigenvalue weighted by Gasteiger charge is -2.29. The van der Waals surface area contributed by atoms with Gasteiger partial charge in [0.25, 0.3) is 0 Å². The minimum Gasteiger partial charge on any atom is -0.480 e. The number of carboxylic acid groups (broad SMARTS) is 1. The number of likely N-dealkylation sites (tertiary alicyclic amines) is 1. The van der Waals surface area contributed by atoms with E-state index in [1.807, 2.05) is 30.5 Å². The number of carbonyl (C=O) groups is 4. The predicted molar refractivity (Wildman–Crippen MR) is 144 cm³/mol. The number of amides is 3. The number of nitrogens with one attached hydrogen (secondary N) is 3. The van der Waals surface area contributed by atoms with Crippen LogP contribution in [-0.4, -0.2) is 73.9 Å². The number of carboxylic acids is 1. The molecule has 4 N–H and O–H groups in total. The third-order valence-corrected chi connectivity index (χ3v) is 9.12. The van der Waals surface area contributed by atoms with Gasteiger partial charge in [-0.2, -0.15) is 0 Å². The molecule has 196 valence electrons. The van der Waals surface area contributed by atoms with Crippen molar-refractivity contribution in [2.75, 3.05) is 12.3 Å². The molecular formula is C25H34N4O5S2. The van der Waals surface area contributed by atoms with Crippen molar-refractivity contribution in [3.8, 4) is 0 Å². The molecule has 0 radical (unpaired) electrons. The maximum Gasteiger partial charge on any atom is 0.326 e. The minimum absolute atomic E-state index is 0.0619. The summed E-state index contributed by atoms with van der Waals surface area (Å²) >= 11 is 0. The van der Waals surface area contributed by atoms with Crippen LogP contribution in [0, 0.1) is 0 Å². The maximum absolute atomic E-state index is 13.4. The third-order valence-electron chi connectivity index (χ3n) is 5.77. The number of H-pyrrole nitrogens is 1. The Kier molecular flexibility index (Phi) is 9.35. The van der Waals surface area contributed by atoms with Crippen LogP contribution in [0.3, 0.4) is 0 Å². The number of nitrogens with zero attached hydrogens (tertiary/aromatic N) is 1. The molecule has 2 heterocycles. The van der Waals surface area contributed by atoms with E-state index in [0.29, 0.717) is 19.4 Å². The van der Waals surface area contributed by atoms with Crippen LogP contribution in [-0.2, 0) is 25.6 Å². The molecule has 11 heteroatoms. The fraction of sp³-hybridized carbons (Fsp3) is 0.520. The number of fused-ring (bicyclic) bond motifs is 1. The number of rotatable bonds is 10. The Balaban J connectivity index is 1.80. The Bertz CT molecular complexity index is 1110. The number of benzene rings is 1. The number of aromatic amines is 1. The zero-order valence-corrected chi connectivity index (χ0v) is 22.6. The Labute approximate surface area is 218 Å². The molecule has 0 aliphatic carbocycles. The van der Waals surface area contributed by atoms with Crippen molar-refractivity contribution in [3.63, 3.8) is 0 Å². The highest BCUT2D eigenvalue weighted by atomic mass is 33.1. The van der Waals surface area contributed by atoms with Crippen LogP contribution in [0.15, 0.2) is 30.5 Å². The minimum atomic E-state index is -1.04. The van der Waals surface area contributed by atoms with Gasteiger partial charge in [0.05, 0.1) is 0 Å². The average Bonchev–Trinajstić information content (AvgIpc) is 3.44. The van der Waals surface area contributed by atoms with Gasteiger partial charge in [-0.15, -0.1) is 0 Å². The van der Waals surface area contributed by atoms with Crippen LogP contribution in [0.5, 0.6) is 0 Å². The van der Waals surface area contributed by atoms with Crippen LogP contribution in [0.25, 0.3) is 10.9 Å². The summed E-state index contributed by atoms with van der Waals surface area (Å²) in [5.41, 5.74) is 1.79. The van der Waals surface area contributed by atoms with E-state index in [1.54, 1.807) is 10.8 Å². The Hall–Kier alpha value is -2.66. The average molecular weight is 535 g/mol. The first-order chi connectivity index (χ1) is 17.0. The summed E-state index contributed by atoms with van der Waals surface area (Å²) in [6, 6.07) is 4.97. The molecule has 1 aromatic heterocycles. The van der Waals surface area contributed by atoms with Crippen LogP contribution in [0.1, 0.15) is 46.1 Å². The van der Waals surface area contributed by atoms with E-state index in [9.17, 15) is 24.3 Å². The number of hydrogen-bond acceptors (Lipinski definition) is 6. The molecule has 3 amide bonds. The van der Waals surface area contributed by atoms with Crippen molar-refractivity contribution in [2.45, 2.75) is 69.8 Å². The molecule has 0 bridgehead atoms. The number of aliphatic carboxylic acids is 1. The summed E-state index contributed by atoms with van der Waals surface area (Å²) in [6.45, 7) is 7.83. The molecule has 36 heavy (non-hydrogen) atoms. The topological polar surface area (TPSA) is 132 Å². The molecule has 3 atom stereocenters. The molecule has 0 spiro atoms. The van der Waals surface area contributed by atoms with Gasteiger partial charge in [-0.1, -0.05) is 60.6 Å². The van der Waals surface area contributed by atoms with E-state index < -0.39 is 35.9 Å². The van der Waals surface area contributed by atoms with Crippen LogP contribution in [0.2, 0.25) is 0 Å². The number of aromatic nitrogens is 1. The summed E-state index contributed by atoms with van der Waals surface area (Å²) in [5.74, 6) is -2.03. The first-order valence-electron chi connectivity index (χ1n) is 11.9. The molecule has 0 saturated carbocycles. The summed E-state index contributed by atoms with van der Waals surface area (Å²) in [6.07, 6.45) is 3.04. The molecule has 1 aromatic carbocycles. The first kappa shape index (κ1) is 27.9. The zero-order chi connectivity index (χ0) is 26.5. The first-order valence-corrected chi connectivity index (χ1v) is 14.2. The fourth-order valence-corrected chi connectivity index (χ4v) is 6.64. The van der Waals surface area contributed by atoms with Crippen LogP contribution < -0.4 is 10.6 Å². The van der Waals surface area contributed by atoms with Gasteiger partial charge in [-0.05, 0) is 24.5 Å². The predicted octanol–water partition coefficient (Wildman–Crippen LogP) is 2.96. The molecule has 1 aliphatic rings. The summed E-state index contributed by atoms with van der Waals surface area (Å²) < 4.78 is -0.0619. The van der Waals surface area contributed by atoms with Gasteiger partial charge in [0, 0.05) is 47.5 Å². The highest BCUT2D eigenvalue weighted by molar-refractivity contribution is 8.77. The van der Waals surface area contributed by atoms with Gasteiger partial charge >= 0.3 is 5.97 Å². The van der Waals surface area contributed by atoms with Gasteiger partial charge in [0.15, 0.2) is 0 Å². The van der Waals surface area contributed by atoms with Crippen molar-refractivity contribution in [3.05, 3.63) is 36.0 Å². The smallest absolute Gasteiger partial charge is 0.326 e. The number of carbonyl (C=O) groups excluding carboxylic acids is 3. The molecule has 1 aliphatic heterocycles. The standard InChI is InChI=1S/C25H34N4O5S2/c1-15(30)27-19(12-16-13-26-18-9-6-5-8-17(16)18)22(31)28-20(14-35-36-25(2,3)4)23(32)29-11-7-10-21(29)24(33)34/h5-6,8-9,13,19-21,26H,7,10-12,14H2,1-4H3,(H,27,30)(H,28,31)(H,33,34)/t19-,20-,21-/m0/s1. The van der Waals surface area contributed by atoms with E-state index in [0.717, 1.165) is 16.5 Å². The van der Waals surface area contributed by atoms with Crippen molar-refractivity contribution < 1.29 is 24.3 Å².